The van der Waals surface area contributed by atoms with Gasteiger partial charge in [-0.15, -0.1) is 0 Å². The van der Waals surface area contributed by atoms with Crippen molar-refractivity contribution in [3.63, 3.8) is 0 Å². The Bertz CT molecular complexity index is 653. The van der Waals surface area contributed by atoms with Gasteiger partial charge in [-0.25, -0.2) is 9.97 Å². The molecule has 0 atom stereocenters. The van der Waals surface area contributed by atoms with Gasteiger partial charge in [-0.3, -0.25) is 0 Å². The number of nitrogen functional groups attached to an aromatic ring is 1. The fraction of sp³-hybridized carbons (Fsp3) is 0.267. The van der Waals surface area contributed by atoms with Crippen molar-refractivity contribution in [3.05, 3.63) is 41.7 Å². The first-order valence-corrected chi connectivity index (χ1v) is 6.62. The molecule has 5 heteroatoms. The first kappa shape index (κ1) is 12.4. The van der Waals surface area contributed by atoms with Gasteiger partial charge in [0.25, 0.3) is 0 Å². The van der Waals surface area contributed by atoms with E-state index in [2.05, 4.69) is 21.4 Å². The molecule has 0 unspecified atom stereocenters. The van der Waals surface area contributed by atoms with E-state index in [1.165, 1.54) is 0 Å². The largest absolute Gasteiger partial charge is 0.384 e. The van der Waals surface area contributed by atoms with Crippen molar-refractivity contribution in [2.24, 2.45) is 0 Å². The van der Waals surface area contributed by atoms with Crippen LogP contribution in [0.25, 0.3) is 0 Å². The molecule has 0 amide bonds. The van der Waals surface area contributed by atoms with Gasteiger partial charge in [0.1, 0.15) is 17.5 Å². The minimum absolute atomic E-state index is 0.423. The molecule has 1 aliphatic carbocycles. The van der Waals surface area contributed by atoms with Gasteiger partial charge < -0.3 is 11.1 Å². The fourth-order valence-corrected chi connectivity index (χ4v) is 2.02. The molecule has 0 bridgehead atoms. The number of hydrogen-bond acceptors (Lipinski definition) is 5. The van der Waals surface area contributed by atoms with Gasteiger partial charge in [0.05, 0.1) is 12.5 Å². The Morgan fingerprint density at radius 3 is 2.65 bits per heavy atom. The van der Waals surface area contributed by atoms with E-state index in [4.69, 9.17) is 11.0 Å². The number of aromatic nitrogens is 2. The SMILES string of the molecule is N#CCc1ccc(Nc2cc(N)nc(C3CC3)n2)cc1. The second-order valence-electron chi connectivity index (χ2n) is 4.97. The molecule has 5 nitrogen and oxygen atoms in total. The highest BCUT2D eigenvalue weighted by molar-refractivity contribution is 5.59. The molecule has 1 heterocycles. The summed E-state index contributed by atoms with van der Waals surface area (Å²) >= 11 is 0. The summed E-state index contributed by atoms with van der Waals surface area (Å²) in [6.45, 7) is 0. The van der Waals surface area contributed by atoms with E-state index in [9.17, 15) is 0 Å². The topological polar surface area (TPSA) is 87.6 Å². The van der Waals surface area contributed by atoms with Crippen molar-refractivity contribution >= 4 is 17.3 Å². The highest BCUT2D eigenvalue weighted by atomic mass is 15.1. The second-order valence-corrected chi connectivity index (χ2v) is 4.97. The van der Waals surface area contributed by atoms with Crippen LogP contribution in [-0.2, 0) is 6.42 Å². The number of hydrogen-bond donors (Lipinski definition) is 2. The molecular formula is C15H15N5. The zero-order valence-electron chi connectivity index (χ0n) is 11.0. The summed E-state index contributed by atoms with van der Waals surface area (Å²) in [5.41, 5.74) is 7.74. The average molecular weight is 265 g/mol. The van der Waals surface area contributed by atoms with Gasteiger partial charge in [0, 0.05) is 17.7 Å². The standard InChI is InChI=1S/C15H15N5/c16-8-7-10-1-5-12(6-2-10)18-14-9-13(17)19-15(20-14)11-3-4-11/h1-2,5-6,9,11H,3-4,7H2,(H3,17,18,19,20). The minimum atomic E-state index is 0.423. The van der Waals surface area contributed by atoms with Gasteiger partial charge in [-0.1, -0.05) is 12.1 Å². The number of benzene rings is 1. The Morgan fingerprint density at radius 2 is 2.00 bits per heavy atom. The number of nitriles is 1. The summed E-state index contributed by atoms with van der Waals surface area (Å²) in [5.74, 6) is 2.50. The van der Waals surface area contributed by atoms with E-state index < -0.39 is 0 Å². The summed E-state index contributed by atoms with van der Waals surface area (Å²) in [6.07, 6.45) is 2.71. The summed E-state index contributed by atoms with van der Waals surface area (Å²) in [5, 5.41) is 11.9. The van der Waals surface area contributed by atoms with Crippen molar-refractivity contribution < 1.29 is 0 Å². The number of nitrogens with two attached hydrogens (primary N) is 1. The fourth-order valence-electron chi connectivity index (χ4n) is 2.02. The number of rotatable bonds is 4. The quantitative estimate of drug-likeness (QED) is 0.887. The lowest BCUT2D eigenvalue weighted by atomic mass is 10.1. The predicted molar refractivity (Wildman–Crippen MR) is 77.5 cm³/mol. The van der Waals surface area contributed by atoms with Gasteiger partial charge >= 0.3 is 0 Å². The Kier molecular flexibility index (Phi) is 3.21. The summed E-state index contributed by atoms with van der Waals surface area (Å²) in [4.78, 5) is 8.76. The Morgan fingerprint density at radius 1 is 1.25 bits per heavy atom. The zero-order valence-corrected chi connectivity index (χ0v) is 11.0. The van der Waals surface area contributed by atoms with Crippen LogP contribution in [0.15, 0.2) is 30.3 Å². The normalized spacial score (nSPS) is 13.8. The first-order valence-electron chi connectivity index (χ1n) is 6.62. The van der Waals surface area contributed by atoms with Crippen molar-refractivity contribution in [3.8, 4) is 6.07 Å². The van der Waals surface area contributed by atoms with Crippen LogP contribution in [0.5, 0.6) is 0 Å². The van der Waals surface area contributed by atoms with Crippen molar-refractivity contribution in [1.82, 2.24) is 9.97 Å². The molecule has 1 aromatic heterocycles. The highest BCUT2D eigenvalue weighted by Gasteiger charge is 2.27. The predicted octanol–water partition coefficient (Wildman–Crippen LogP) is 2.75. The number of nitrogens with one attached hydrogen (secondary N) is 1. The molecule has 1 aromatic carbocycles. The monoisotopic (exact) mass is 265 g/mol. The molecule has 0 spiro atoms. The average Bonchev–Trinajstić information content (AvgIpc) is 3.25. The van der Waals surface area contributed by atoms with E-state index in [1.54, 1.807) is 6.07 Å². The molecule has 3 rings (SSSR count). The molecule has 1 fully saturated rings. The molecular weight excluding hydrogens is 250 g/mol. The maximum absolute atomic E-state index is 8.65. The number of anilines is 3. The smallest absolute Gasteiger partial charge is 0.136 e. The third-order valence-electron chi connectivity index (χ3n) is 3.22. The molecule has 0 saturated heterocycles. The first-order chi connectivity index (χ1) is 9.74. The van der Waals surface area contributed by atoms with E-state index in [1.807, 2.05) is 24.3 Å². The second kappa shape index (κ2) is 5.17. The summed E-state index contributed by atoms with van der Waals surface area (Å²) in [6, 6.07) is 11.6. The van der Waals surface area contributed by atoms with E-state index in [0.29, 0.717) is 24.0 Å². The summed E-state index contributed by atoms with van der Waals surface area (Å²) in [7, 11) is 0. The van der Waals surface area contributed by atoms with Gasteiger partial charge in [0.2, 0.25) is 0 Å². The molecule has 0 aliphatic heterocycles. The minimum Gasteiger partial charge on any atom is -0.384 e. The third kappa shape index (κ3) is 2.86. The van der Waals surface area contributed by atoms with Crippen LogP contribution in [0.1, 0.15) is 30.1 Å². The van der Waals surface area contributed by atoms with Crippen LogP contribution < -0.4 is 11.1 Å². The van der Waals surface area contributed by atoms with E-state index in [-0.39, 0.29) is 0 Å². The van der Waals surface area contributed by atoms with Crippen LogP contribution in [-0.4, -0.2) is 9.97 Å². The lowest BCUT2D eigenvalue weighted by Gasteiger charge is -2.08. The molecule has 1 saturated carbocycles. The van der Waals surface area contributed by atoms with Gasteiger partial charge in [-0.05, 0) is 30.5 Å². The highest BCUT2D eigenvalue weighted by Crippen LogP contribution is 2.38. The Hall–Kier alpha value is -2.61. The molecule has 2 aromatic rings. The molecule has 20 heavy (non-hydrogen) atoms. The lowest BCUT2D eigenvalue weighted by molar-refractivity contribution is 0.936. The maximum Gasteiger partial charge on any atom is 0.136 e. The van der Waals surface area contributed by atoms with Gasteiger partial charge in [0.15, 0.2) is 0 Å². The van der Waals surface area contributed by atoms with Crippen LogP contribution in [0.2, 0.25) is 0 Å². The van der Waals surface area contributed by atoms with Crippen LogP contribution in [0.4, 0.5) is 17.3 Å². The van der Waals surface area contributed by atoms with Crippen LogP contribution in [0, 0.1) is 11.3 Å². The van der Waals surface area contributed by atoms with Crippen molar-refractivity contribution in [1.29, 1.82) is 5.26 Å². The van der Waals surface area contributed by atoms with Crippen molar-refractivity contribution in [2.45, 2.75) is 25.2 Å². The van der Waals surface area contributed by atoms with E-state index in [0.717, 1.165) is 29.9 Å². The number of nitrogens with zero attached hydrogens (tertiary/aromatic N) is 3. The molecule has 100 valence electrons. The van der Waals surface area contributed by atoms with E-state index >= 15 is 0 Å². The van der Waals surface area contributed by atoms with Crippen LogP contribution >= 0.6 is 0 Å². The molecule has 0 radical (unpaired) electrons. The Labute approximate surface area is 117 Å². The summed E-state index contributed by atoms with van der Waals surface area (Å²) < 4.78 is 0. The Balaban J connectivity index is 1.78. The zero-order chi connectivity index (χ0) is 13.9. The third-order valence-corrected chi connectivity index (χ3v) is 3.22. The molecule has 1 aliphatic rings. The van der Waals surface area contributed by atoms with Crippen molar-refractivity contribution in [2.75, 3.05) is 11.1 Å². The van der Waals surface area contributed by atoms with Gasteiger partial charge in [-0.2, -0.15) is 5.26 Å². The van der Waals surface area contributed by atoms with Crippen LogP contribution in [0.3, 0.4) is 0 Å². The maximum atomic E-state index is 8.65. The lowest BCUT2D eigenvalue weighted by Crippen LogP contribution is -2.02. The molecule has 3 N–H and O–H groups in total.